The number of ketones is 1. The summed E-state index contributed by atoms with van der Waals surface area (Å²) >= 11 is 0. The van der Waals surface area contributed by atoms with Crippen LogP contribution in [0.2, 0.25) is 25.7 Å². The van der Waals surface area contributed by atoms with Crippen LogP contribution in [-0.4, -0.2) is 37.4 Å². The van der Waals surface area contributed by atoms with Gasteiger partial charge in [-0.2, -0.15) is 0 Å². The van der Waals surface area contributed by atoms with Crippen LogP contribution in [-0.2, 0) is 14.3 Å². The van der Waals surface area contributed by atoms with Crippen LogP contribution in [0, 0.1) is 0 Å². The molecule has 0 unspecified atom stereocenters. The molecule has 0 radical (unpaired) electrons. The molecule has 0 fully saturated rings. The summed E-state index contributed by atoms with van der Waals surface area (Å²) in [5.74, 6) is -1.46. The number of hydrogen-bond donors (Lipinski definition) is 1. The van der Waals surface area contributed by atoms with Crippen molar-refractivity contribution in [3.8, 4) is 0 Å². The van der Waals surface area contributed by atoms with Crippen molar-refractivity contribution >= 4 is 25.5 Å². The highest BCUT2D eigenvalue weighted by Gasteiger charge is 2.20. The maximum Gasteiger partial charge on any atom is 0.364 e. The predicted molar refractivity (Wildman–Crippen MR) is 59.0 cm³/mol. The highest BCUT2D eigenvalue weighted by molar-refractivity contribution is 6.76. The molecule has 86 valence electrons. The lowest BCUT2D eigenvalue weighted by atomic mass is 10.3. The van der Waals surface area contributed by atoms with E-state index in [4.69, 9.17) is 9.94 Å². The quantitative estimate of drug-likeness (QED) is 0.193. The SMILES string of the molecule is CC(=O)C(=NO)C(=O)OCC[Si](C)(C)C. The molecule has 0 heterocycles. The van der Waals surface area contributed by atoms with Crippen LogP contribution in [0.1, 0.15) is 6.92 Å². The zero-order valence-corrected chi connectivity index (χ0v) is 10.5. The highest BCUT2D eigenvalue weighted by atomic mass is 28.3. The van der Waals surface area contributed by atoms with Crippen molar-refractivity contribution < 1.29 is 19.5 Å². The second-order valence-corrected chi connectivity index (χ2v) is 10.1. The number of nitrogens with zero attached hydrogens (tertiary/aromatic N) is 1. The van der Waals surface area contributed by atoms with Gasteiger partial charge < -0.3 is 9.94 Å². The Morgan fingerprint density at radius 3 is 2.20 bits per heavy atom. The van der Waals surface area contributed by atoms with Crippen LogP contribution in [0.4, 0.5) is 0 Å². The van der Waals surface area contributed by atoms with Gasteiger partial charge in [0.25, 0.3) is 0 Å². The normalized spacial score (nSPS) is 12.4. The first-order valence-corrected chi connectivity index (χ1v) is 8.39. The third-order valence-electron chi connectivity index (χ3n) is 1.71. The molecule has 0 spiro atoms. The number of esters is 1. The minimum absolute atomic E-state index is 0.265. The van der Waals surface area contributed by atoms with Crippen LogP contribution in [0.5, 0.6) is 0 Å². The molecule has 0 aromatic carbocycles. The number of rotatable bonds is 5. The fourth-order valence-corrected chi connectivity index (χ4v) is 1.49. The van der Waals surface area contributed by atoms with Crippen LogP contribution in [0.25, 0.3) is 0 Å². The molecule has 15 heavy (non-hydrogen) atoms. The zero-order chi connectivity index (χ0) is 12.1. The number of carbonyl (C=O) groups is 2. The zero-order valence-electron chi connectivity index (χ0n) is 9.53. The molecule has 5 nitrogen and oxygen atoms in total. The molecule has 0 aliphatic heterocycles. The Bertz CT molecular complexity index is 280. The molecular formula is C9H17NO4Si. The van der Waals surface area contributed by atoms with Crippen molar-refractivity contribution in [3.63, 3.8) is 0 Å². The molecule has 0 aromatic heterocycles. The van der Waals surface area contributed by atoms with Gasteiger partial charge in [0.2, 0.25) is 5.71 Å². The molecule has 0 saturated carbocycles. The standard InChI is InChI=1S/C9H17NO4Si/c1-7(11)8(10-13)9(12)14-5-6-15(2,3)4/h13H,5-6H2,1-4H3. The van der Waals surface area contributed by atoms with E-state index in [2.05, 4.69) is 24.8 Å². The number of Topliss-reactive ketones (excluding diaryl/α,β-unsaturated/α-hetero) is 1. The molecular weight excluding hydrogens is 214 g/mol. The third-order valence-corrected chi connectivity index (χ3v) is 3.42. The molecule has 0 rings (SSSR count). The second-order valence-electron chi connectivity index (χ2n) is 4.45. The van der Waals surface area contributed by atoms with Gasteiger partial charge in [-0.3, -0.25) is 4.79 Å². The van der Waals surface area contributed by atoms with E-state index >= 15 is 0 Å². The van der Waals surface area contributed by atoms with Gasteiger partial charge in [-0.1, -0.05) is 24.8 Å². The smallest absolute Gasteiger partial charge is 0.364 e. The Hall–Kier alpha value is -1.17. The Balaban J connectivity index is 4.10. The van der Waals surface area contributed by atoms with Crippen molar-refractivity contribution in [2.45, 2.75) is 32.6 Å². The van der Waals surface area contributed by atoms with E-state index in [0.29, 0.717) is 0 Å². The van der Waals surface area contributed by atoms with E-state index in [-0.39, 0.29) is 6.61 Å². The van der Waals surface area contributed by atoms with Gasteiger partial charge in [-0.25, -0.2) is 4.79 Å². The summed E-state index contributed by atoms with van der Waals surface area (Å²) in [6.45, 7) is 7.85. The summed E-state index contributed by atoms with van der Waals surface area (Å²) in [4.78, 5) is 22.0. The molecule has 0 atom stereocenters. The molecule has 0 aliphatic rings. The lowest BCUT2D eigenvalue weighted by Crippen LogP contribution is -2.27. The van der Waals surface area contributed by atoms with Gasteiger partial charge in [-0.15, -0.1) is 0 Å². The van der Waals surface area contributed by atoms with E-state index in [0.717, 1.165) is 13.0 Å². The van der Waals surface area contributed by atoms with Crippen LogP contribution >= 0.6 is 0 Å². The van der Waals surface area contributed by atoms with E-state index in [1.807, 2.05) is 0 Å². The van der Waals surface area contributed by atoms with Gasteiger partial charge in [0, 0.05) is 15.0 Å². The van der Waals surface area contributed by atoms with Crippen molar-refractivity contribution in [1.29, 1.82) is 0 Å². The maximum absolute atomic E-state index is 11.2. The van der Waals surface area contributed by atoms with Crippen molar-refractivity contribution in [1.82, 2.24) is 0 Å². The van der Waals surface area contributed by atoms with Gasteiger partial charge in [0.05, 0.1) is 6.61 Å². The first-order chi connectivity index (χ1) is 6.78. The summed E-state index contributed by atoms with van der Waals surface area (Å²) in [6, 6.07) is 0.815. The number of carbonyl (C=O) groups excluding carboxylic acids is 2. The van der Waals surface area contributed by atoms with E-state index in [1.165, 1.54) is 0 Å². The average Bonchev–Trinajstić information content (AvgIpc) is 2.01. The molecule has 0 amide bonds. The minimum Gasteiger partial charge on any atom is -0.461 e. The molecule has 1 N–H and O–H groups in total. The summed E-state index contributed by atoms with van der Waals surface area (Å²) < 4.78 is 4.82. The summed E-state index contributed by atoms with van der Waals surface area (Å²) in [5, 5.41) is 11.0. The van der Waals surface area contributed by atoms with E-state index < -0.39 is 25.5 Å². The summed E-state index contributed by atoms with van der Waals surface area (Å²) in [6.07, 6.45) is 0. The fraction of sp³-hybridized carbons (Fsp3) is 0.667. The number of oxime groups is 1. The molecule has 6 heteroatoms. The first-order valence-electron chi connectivity index (χ1n) is 4.68. The number of ether oxygens (including phenoxy) is 1. The van der Waals surface area contributed by atoms with Crippen molar-refractivity contribution in [3.05, 3.63) is 0 Å². The van der Waals surface area contributed by atoms with E-state index in [9.17, 15) is 9.59 Å². The topological polar surface area (TPSA) is 76.0 Å². The van der Waals surface area contributed by atoms with Gasteiger partial charge in [0.1, 0.15) is 0 Å². The van der Waals surface area contributed by atoms with Gasteiger partial charge in [-0.05, 0) is 6.04 Å². The molecule has 0 aromatic rings. The monoisotopic (exact) mass is 231 g/mol. The third kappa shape index (κ3) is 6.00. The molecule has 0 bridgehead atoms. The van der Waals surface area contributed by atoms with Crippen LogP contribution in [0.15, 0.2) is 5.16 Å². The lowest BCUT2D eigenvalue weighted by Gasteiger charge is -2.14. The van der Waals surface area contributed by atoms with Crippen molar-refractivity contribution in [2.75, 3.05) is 6.61 Å². The van der Waals surface area contributed by atoms with Gasteiger partial charge >= 0.3 is 5.97 Å². The molecule has 0 aliphatic carbocycles. The Labute approximate surface area is 90.1 Å². The highest BCUT2D eigenvalue weighted by Crippen LogP contribution is 2.07. The molecule has 0 saturated heterocycles. The Morgan fingerprint density at radius 2 is 1.87 bits per heavy atom. The Morgan fingerprint density at radius 1 is 1.33 bits per heavy atom. The maximum atomic E-state index is 11.2. The van der Waals surface area contributed by atoms with Crippen LogP contribution < -0.4 is 0 Å². The largest absolute Gasteiger partial charge is 0.461 e. The number of hydrogen-bond acceptors (Lipinski definition) is 5. The van der Waals surface area contributed by atoms with Crippen molar-refractivity contribution in [2.24, 2.45) is 5.16 Å². The predicted octanol–water partition coefficient (Wildman–Crippen LogP) is 1.29. The minimum atomic E-state index is -1.26. The lowest BCUT2D eigenvalue weighted by molar-refractivity contribution is -0.135. The summed E-state index contributed by atoms with van der Waals surface area (Å²) in [7, 11) is -1.26. The average molecular weight is 231 g/mol. The van der Waals surface area contributed by atoms with Crippen LogP contribution in [0.3, 0.4) is 0 Å². The second kappa shape index (κ2) is 5.65. The van der Waals surface area contributed by atoms with E-state index in [1.54, 1.807) is 0 Å². The van der Waals surface area contributed by atoms with Gasteiger partial charge in [0.15, 0.2) is 5.78 Å². The summed E-state index contributed by atoms with van der Waals surface area (Å²) in [5.41, 5.74) is -0.550. The fourth-order valence-electron chi connectivity index (χ4n) is 0.773. The first kappa shape index (κ1) is 13.8. The Kier molecular flexibility index (Phi) is 5.20.